The van der Waals surface area contributed by atoms with E-state index in [0.717, 1.165) is 65.2 Å². The van der Waals surface area contributed by atoms with Crippen LogP contribution in [-0.2, 0) is 19.6 Å². The molecule has 0 saturated carbocycles. The third kappa shape index (κ3) is 9.47. The van der Waals surface area contributed by atoms with Gasteiger partial charge >= 0.3 is 18.1 Å². The van der Waals surface area contributed by atoms with Crippen LogP contribution in [-0.4, -0.2) is 93.3 Å². The zero-order chi connectivity index (χ0) is 26.9. The predicted molar refractivity (Wildman–Crippen MR) is 127 cm³/mol. The highest BCUT2D eigenvalue weighted by atomic mass is 32.2. The molecule has 0 bridgehead atoms. The number of benzene rings is 1. The van der Waals surface area contributed by atoms with E-state index in [0.29, 0.717) is 11.6 Å². The molecule has 1 aromatic carbocycles. The number of nitrogens with zero attached hydrogens (tertiary/aromatic N) is 2. The monoisotopic (exact) mass is 539 g/mol. The van der Waals surface area contributed by atoms with Gasteiger partial charge in [-0.25, -0.2) is 18.0 Å². The molecule has 1 aromatic rings. The lowest BCUT2D eigenvalue weighted by atomic mass is 9.92. The number of hydrogen-bond donors (Lipinski definition) is 3. The molecular formula is C22H32F3N3O7S. The van der Waals surface area contributed by atoms with Gasteiger partial charge in [0.2, 0.25) is 10.0 Å². The summed E-state index contributed by atoms with van der Waals surface area (Å²) in [6, 6.07) is 4.76. The quantitative estimate of drug-likeness (QED) is 0.455. The number of nitrogens with one attached hydrogen (secondary N) is 1. The first kappa shape index (κ1) is 29.6. The van der Waals surface area contributed by atoms with Crippen LogP contribution in [0.25, 0.3) is 0 Å². The van der Waals surface area contributed by atoms with Crippen molar-refractivity contribution in [3.63, 3.8) is 0 Å². The van der Waals surface area contributed by atoms with E-state index in [1.165, 1.54) is 13.0 Å². The van der Waals surface area contributed by atoms with E-state index in [1.54, 1.807) is 12.1 Å². The van der Waals surface area contributed by atoms with E-state index in [-0.39, 0.29) is 17.0 Å². The summed E-state index contributed by atoms with van der Waals surface area (Å²) < 4.78 is 63.1. The molecule has 10 nitrogen and oxygen atoms in total. The van der Waals surface area contributed by atoms with Gasteiger partial charge in [-0.3, -0.25) is 9.62 Å². The number of aromatic carboxylic acids is 1. The minimum atomic E-state index is -5.08. The maximum atomic E-state index is 11.8. The molecule has 36 heavy (non-hydrogen) atoms. The Morgan fingerprint density at radius 1 is 1.11 bits per heavy atom. The summed E-state index contributed by atoms with van der Waals surface area (Å²) in [6.45, 7) is 7.92. The van der Waals surface area contributed by atoms with Gasteiger partial charge in [0.15, 0.2) is 0 Å². The first-order chi connectivity index (χ1) is 16.8. The third-order valence-electron chi connectivity index (χ3n) is 6.04. The lowest BCUT2D eigenvalue weighted by Gasteiger charge is -2.35. The molecule has 0 unspecified atom stereocenters. The fourth-order valence-electron chi connectivity index (χ4n) is 3.95. The number of ether oxygens (including phenoxy) is 1. The van der Waals surface area contributed by atoms with Crippen LogP contribution in [0, 0.1) is 5.92 Å². The van der Waals surface area contributed by atoms with Crippen molar-refractivity contribution in [1.82, 2.24) is 4.90 Å². The smallest absolute Gasteiger partial charge is 0.478 e. The Balaban J connectivity index is 0.000000572. The standard InChI is InChI=1S/C20H31N3O5S.C2HF3O2/c1-2-29(26,27)21-17-3-4-19(18(15-17)20(24)25)23-9-6-16(7-10-23)5-8-22-11-13-28-14-12-22;3-2(4,5)1(6)7/h3-4,15-16,21H,2,5-14H2,1H3,(H,24,25);(H,6,7). The Hall–Kier alpha value is -2.58. The number of piperidine rings is 1. The fourth-order valence-corrected chi connectivity index (χ4v) is 4.58. The van der Waals surface area contributed by atoms with E-state index in [4.69, 9.17) is 14.6 Å². The molecule has 2 heterocycles. The number of carboxylic acids is 2. The molecule has 0 radical (unpaired) electrons. The molecule has 3 rings (SSSR count). The summed E-state index contributed by atoms with van der Waals surface area (Å²) in [5, 5.41) is 16.8. The maximum absolute atomic E-state index is 11.8. The van der Waals surface area contributed by atoms with Crippen molar-refractivity contribution in [3.8, 4) is 0 Å². The number of carboxylic acid groups (broad SMARTS) is 2. The van der Waals surface area contributed by atoms with Gasteiger partial charge in [-0.05, 0) is 56.8 Å². The Morgan fingerprint density at radius 2 is 1.69 bits per heavy atom. The van der Waals surface area contributed by atoms with E-state index >= 15 is 0 Å². The SMILES string of the molecule is CCS(=O)(=O)Nc1ccc(N2CCC(CCN3CCOCC3)CC2)c(C(=O)O)c1.O=C(O)C(F)(F)F. The van der Waals surface area contributed by atoms with Crippen LogP contribution in [0.4, 0.5) is 24.5 Å². The minimum absolute atomic E-state index is 0.0604. The molecule has 2 saturated heterocycles. The molecule has 14 heteroatoms. The van der Waals surface area contributed by atoms with Crippen LogP contribution in [0.2, 0.25) is 0 Å². The highest BCUT2D eigenvalue weighted by Gasteiger charge is 2.38. The van der Waals surface area contributed by atoms with Gasteiger partial charge in [-0.2, -0.15) is 13.2 Å². The summed E-state index contributed by atoms with van der Waals surface area (Å²) in [4.78, 5) is 25.2. The average Bonchev–Trinajstić information content (AvgIpc) is 2.83. The summed E-state index contributed by atoms with van der Waals surface area (Å²) in [6.07, 6.45) is -1.85. The first-order valence-electron chi connectivity index (χ1n) is 11.6. The Morgan fingerprint density at radius 3 is 2.19 bits per heavy atom. The van der Waals surface area contributed by atoms with Crippen molar-refractivity contribution in [1.29, 1.82) is 0 Å². The summed E-state index contributed by atoms with van der Waals surface area (Å²) in [7, 11) is -3.44. The molecule has 0 spiro atoms. The van der Waals surface area contributed by atoms with E-state index in [9.17, 15) is 31.5 Å². The van der Waals surface area contributed by atoms with Crippen LogP contribution >= 0.6 is 0 Å². The van der Waals surface area contributed by atoms with Crippen molar-refractivity contribution < 1.29 is 46.1 Å². The molecule has 0 aromatic heterocycles. The Kier molecular flexibility index (Phi) is 10.8. The molecule has 3 N–H and O–H groups in total. The summed E-state index contributed by atoms with van der Waals surface area (Å²) >= 11 is 0. The number of hydrogen-bond acceptors (Lipinski definition) is 7. The number of aliphatic carboxylic acids is 1. The molecule has 2 aliphatic rings. The molecule has 0 amide bonds. The second kappa shape index (κ2) is 13.1. The summed E-state index contributed by atoms with van der Waals surface area (Å²) in [5.41, 5.74) is 1.07. The van der Waals surface area contributed by atoms with Crippen molar-refractivity contribution in [3.05, 3.63) is 23.8 Å². The topological polar surface area (TPSA) is 136 Å². The molecular weight excluding hydrogens is 507 g/mol. The van der Waals surface area contributed by atoms with Crippen molar-refractivity contribution in [2.75, 3.05) is 61.3 Å². The zero-order valence-electron chi connectivity index (χ0n) is 20.0. The van der Waals surface area contributed by atoms with Crippen LogP contribution < -0.4 is 9.62 Å². The van der Waals surface area contributed by atoms with Gasteiger partial charge in [0.25, 0.3) is 0 Å². The van der Waals surface area contributed by atoms with Gasteiger partial charge in [-0.1, -0.05) is 0 Å². The third-order valence-corrected chi connectivity index (χ3v) is 7.34. The number of halogens is 3. The van der Waals surface area contributed by atoms with Gasteiger partial charge in [0, 0.05) is 31.9 Å². The second-order valence-corrected chi connectivity index (χ2v) is 10.5. The highest BCUT2D eigenvalue weighted by Crippen LogP contribution is 2.30. The van der Waals surface area contributed by atoms with E-state index in [2.05, 4.69) is 14.5 Å². The number of morpholine rings is 1. The van der Waals surface area contributed by atoms with Crippen LogP contribution in [0.1, 0.15) is 36.5 Å². The van der Waals surface area contributed by atoms with E-state index < -0.39 is 28.1 Å². The van der Waals surface area contributed by atoms with Gasteiger partial charge < -0.3 is 19.8 Å². The first-order valence-corrected chi connectivity index (χ1v) is 13.2. The Bertz CT molecular complexity index is 991. The second-order valence-electron chi connectivity index (χ2n) is 8.52. The average molecular weight is 540 g/mol. The van der Waals surface area contributed by atoms with Crippen LogP contribution in [0.5, 0.6) is 0 Å². The van der Waals surface area contributed by atoms with Crippen LogP contribution in [0.3, 0.4) is 0 Å². The maximum Gasteiger partial charge on any atom is 0.490 e. The number of anilines is 2. The van der Waals surface area contributed by atoms with Crippen LogP contribution in [0.15, 0.2) is 18.2 Å². The lowest BCUT2D eigenvalue weighted by molar-refractivity contribution is -0.192. The van der Waals surface area contributed by atoms with Crippen molar-refractivity contribution in [2.45, 2.75) is 32.4 Å². The number of carbonyl (C=O) groups is 2. The fraction of sp³-hybridized carbons (Fsp3) is 0.636. The van der Waals surface area contributed by atoms with E-state index in [1.807, 2.05) is 0 Å². The largest absolute Gasteiger partial charge is 0.490 e. The molecule has 204 valence electrons. The molecule has 0 atom stereocenters. The normalized spacial score (nSPS) is 17.7. The lowest BCUT2D eigenvalue weighted by Crippen LogP contribution is -2.39. The molecule has 0 aliphatic carbocycles. The highest BCUT2D eigenvalue weighted by molar-refractivity contribution is 7.92. The number of alkyl halides is 3. The molecule has 2 aliphatic heterocycles. The van der Waals surface area contributed by atoms with Gasteiger partial charge in [0.05, 0.1) is 30.2 Å². The summed E-state index contributed by atoms with van der Waals surface area (Å²) in [5.74, 6) is -3.22. The Labute approximate surface area is 208 Å². The number of rotatable bonds is 8. The molecule has 2 fully saturated rings. The number of sulfonamides is 1. The van der Waals surface area contributed by atoms with Gasteiger partial charge in [0.1, 0.15) is 0 Å². The minimum Gasteiger partial charge on any atom is -0.478 e. The zero-order valence-corrected chi connectivity index (χ0v) is 20.8. The van der Waals surface area contributed by atoms with Crippen molar-refractivity contribution >= 4 is 33.3 Å². The predicted octanol–water partition coefficient (Wildman–Crippen LogP) is 2.72. The van der Waals surface area contributed by atoms with Gasteiger partial charge in [-0.15, -0.1) is 0 Å². The van der Waals surface area contributed by atoms with Crippen molar-refractivity contribution in [2.24, 2.45) is 5.92 Å².